The van der Waals surface area contributed by atoms with Gasteiger partial charge in [0.2, 0.25) is 0 Å². The highest BCUT2D eigenvalue weighted by molar-refractivity contribution is 5.42. The van der Waals surface area contributed by atoms with E-state index in [0.29, 0.717) is 30.8 Å². The first kappa shape index (κ1) is 23.1. The molecule has 0 heterocycles. The van der Waals surface area contributed by atoms with Crippen LogP contribution in [0, 0.1) is 6.92 Å². The smallest absolute Gasteiger partial charge is 0.0613 e. The normalized spacial score (nSPS) is 11.9. The molecule has 1 aromatic carbocycles. The van der Waals surface area contributed by atoms with E-state index < -0.39 is 5.60 Å². The fourth-order valence-corrected chi connectivity index (χ4v) is 2.67. The maximum absolute atomic E-state index is 9.07. The summed E-state index contributed by atoms with van der Waals surface area (Å²) in [6.45, 7) is 20.1. The number of ether oxygens (including phenoxy) is 1. The van der Waals surface area contributed by atoms with Crippen LogP contribution in [-0.2, 0) is 4.74 Å². The van der Waals surface area contributed by atoms with Gasteiger partial charge in [-0.1, -0.05) is 53.7 Å². The third-order valence-corrected chi connectivity index (χ3v) is 4.34. The highest BCUT2D eigenvalue weighted by atomic mass is 16.5. The number of rotatable bonds is 6. The number of aliphatic hydroxyl groups is 1. The summed E-state index contributed by atoms with van der Waals surface area (Å²) in [5.74, 6) is 1.86. The lowest BCUT2D eigenvalue weighted by molar-refractivity contribution is 0.0409. The average molecular weight is 337 g/mol. The molecule has 1 aromatic rings. The maximum atomic E-state index is 9.07. The van der Waals surface area contributed by atoms with Crippen LogP contribution in [0.15, 0.2) is 12.1 Å². The monoisotopic (exact) mass is 336 g/mol. The van der Waals surface area contributed by atoms with Crippen molar-refractivity contribution in [1.29, 1.82) is 0 Å². The first-order valence-electron chi connectivity index (χ1n) is 9.26. The Hall–Kier alpha value is -0.860. The number of methoxy groups -OCH3 is 1. The molecule has 140 valence electrons. The molecule has 2 nitrogen and oxygen atoms in total. The minimum Gasteiger partial charge on any atom is -0.390 e. The summed E-state index contributed by atoms with van der Waals surface area (Å²) in [6, 6.07) is 4.80. The summed E-state index contributed by atoms with van der Waals surface area (Å²) < 4.78 is 4.76. The molecule has 0 fully saturated rings. The van der Waals surface area contributed by atoms with Crippen molar-refractivity contribution < 1.29 is 9.84 Å². The highest BCUT2D eigenvalue weighted by Crippen LogP contribution is 2.31. The van der Waals surface area contributed by atoms with Crippen molar-refractivity contribution in [2.45, 2.75) is 92.1 Å². The molecule has 0 radical (unpaired) electrons. The van der Waals surface area contributed by atoms with Gasteiger partial charge in [-0.3, -0.25) is 0 Å². The zero-order chi connectivity index (χ0) is 19.1. The van der Waals surface area contributed by atoms with Crippen LogP contribution in [0.1, 0.15) is 102 Å². The van der Waals surface area contributed by atoms with Crippen LogP contribution in [0.2, 0.25) is 0 Å². The van der Waals surface area contributed by atoms with E-state index in [9.17, 15) is 0 Å². The highest BCUT2D eigenvalue weighted by Gasteiger charge is 2.13. The molecule has 0 saturated heterocycles. The molecule has 0 aliphatic carbocycles. The molecule has 2 heteroatoms. The second-order valence-electron chi connectivity index (χ2n) is 8.34. The SMILES string of the molecule is COCCC(C)(C)O.Cc1c(C(C)C)cc(C(C)C)cc1C(C)C. The van der Waals surface area contributed by atoms with E-state index in [2.05, 4.69) is 60.6 Å². The predicted octanol–water partition coefficient (Wildman–Crippen LogP) is 6.16. The molecule has 0 aromatic heterocycles. The van der Waals surface area contributed by atoms with Gasteiger partial charge in [0.25, 0.3) is 0 Å². The lowest BCUT2D eigenvalue weighted by atomic mass is 9.85. The molecule has 0 spiro atoms. The van der Waals surface area contributed by atoms with E-state index in [1.165, 1.54) is 22.3 Å². The quantitative estimate of drug-likeness (QED) is 0.674. The van der Waals surface area contributed by atoms with Gasteiger partial charge in [-0.05, 0) is 67.2 Å². The van der Waals surface area contributed by atoms with Gasteiger partial charge in [0, 0.05) is 13.7 Å². The second kappa shape index (κ2) is 10.2. The molecule has 1 rings (SSSR count). The van der Waals surface area contributed by atoms with E-state index in [1.54, 1.807) is 21.0 Å². The van der Waals surface area contributed by atoms with Gasteiger partial charge in [0.15, 0.2) is 0 Å². The molecule has 0 unspecified atom stereocenters. The minimum absolute atomic E-state index is 0.573. The Labute approximate surface area is 150 Å². The number of hydrogen-bond donors (Lipinski definition) is 1. The van der Waals surface area contributed by atoms with E-state index >= 15 is 0 Å². The van der Waals surface area contributed by atoms with E-state index in [0.717, 1.165) is 0 Å². The Balaban J connectivity index is 0.000000561. The molecule has 1 N–H and O–H groups in total. The zero-order valence-electron chi connectivity index (χ0n) is 17.7. The standard InChI is InChI=1S/C16H26.C6H14O2/c1-10(2)14-8-15(11(3)4)13(7)16(9-14)12(5)6;1-6(2,7)4-5-8-3/h8-12H,1-7H3;7H,4-5H2,1-3H3. The van der Waals surface area contributed by atoms with Gasteiger partial charge < -0.3 is 9.84 Å². The summed E-state index contributed by atoms with van der Waals surface area (Å²) in [7, 11) is 1.63. The first-order valence-corrected chi connectivity index (χ1v) is 9.26. The molecular weight excluding hydrogens is 296 g/mol. The molecule has 0 aliphatic heterocycles. The number of hydrogen-bond acceptors (Lipinski definition) is 2. The fourth-order valence-electron chi connectivity index (χ4n) is 2.67. The third kappa shape index (κ3) is 8.30. The predicted molar refractivity (Wildman–Crippen MR) is 106 cm³/mol. The van der Waals surface area contributed by atoms with E-state index in [1.807, 2.05) is 0 Å². The van der Waals surface area contributed by atoms with Crippen LogP contribution in [0.3, 0.4) is 0 Å². The topological polar surface area (TPSA) is 29.5 Å². The molecule has 0 aliphatic rings. The van der Waals surface area contributed by atoms with E-state index in [4.69, 9.17) is 9.84 Å². The largest absolute Gasteiger partial charge is 0.390 e. The molecule has 0 bridgehead atoms. The van der Waals surface area contributed by atoms with Crippen molar-refractivity contribution in [2.24, 2.45) is 0 Å². The summed E-state index contributed by atoms with van der Waals surface area (Å²) in [5.41, 5.74) is 5.45. The van der Waals surface area contributed by atoms with E-state index in [-0.39, 0.29) is 0 Å². The van der Waals surface area contributed by atoms with Crippen molar-refractivity contribution in [3.63, 3.8) is 0 Å². The van der Waals surface area contributed by atoms with Gasteiger partial charge >= 0.3 is 0 Å². The molecular formula is C22H40O2. The van der Waals surface area contributed by atoms with Crippen LogP contribution in [0.4, 0.5) is 0 Å². The van der Waals surface area contributed by atoms with Gasteiger partial charge in [0.1, 0.15) is 0 Å². The van der Waals surface area contributed by atoms with Gasteiger partial charge in [0.05, 0.1) is 5.60 Å². The van der Waals surface area contributed by atoms with Gasteiger partial charge in [-0.2, -0.15) is 0 Å². The second-order valence-corrected chi connectivity index (χ2v) is 8.34. The Bertz CT molecular complexity index is 450. The first-order chi connectivity index (χ1) is 10.9. The lowest BCUT2D eigenvalue weighted by Gasteiger charge is -2.20. The summed E-state index contributed by atoms with van der Waals surface area (Å²) in [6.07, 6.45) is 0.698. The Morgan fingerprint density at radius 2 is 1.33 bits per heavy atom. The van der Waals surface area contributed by atoms with Crippen LogP contribution in [0.5, 0.6) is 0 Å². The third-order valence-electron chi connectivity index (χ3n) is 4.34. The Morgan fingerprint density at radius 3 is 1.54 bits per heavy atom. The van der Waals surface area contributed by atoms with Crippen molar-refractivity contribution in [3.8, 4) is 0 Å². The van der Waals surface area contributed by atoms with Crippen molar-refractivity contribution >= 4 is 0 Å². The minimum atomic E-state index is -0.573. The van der Waals surface area contributed by atoms with Crippen LogP contribution < -0.4 is 0 Å². The summed E-state index contributed by atoms with van der Waals surface area (Å²) in [4.78, 5) is 0. The van der Waals surface area contributed by atoms with Crippen molar-refractivity contribution in [1.82, 2.24) is 0 Å². The van der Waals surface area contributed by atoms with Crippen molar-refractivity contribution in [3.05, 3.63) is 34.4 Å². The van der Waals surface area contributed by atoms with Gasteiger partial charge in [-0.25, -0.2) is 0 Å². The maximum Gasteiger partial charge on any atom is 0.0613 e. The zero-order valence-corrected chi connectivity index (χ0v) is 17.7. The van der Waals surface area contributed by atoms with Crippen molar-refractivity contribution in [2.75, 3.05) is 13.7 Å². The molecule has 0 atom stereocenters. The summed E-state index contributed by atoms with van der Waals surface area (Å²) in [5, 5.41) is 9.07. The molecule has 0 amide bonds. The lowest BCUT2D eigenvalue weighted by Crippen LogP contribution is -2.20. The van der Waals surface area contributed by atoms with Crippen LogP contribution in [-0.4, -0.2) is 24.4 Å². The van der Waals surface area contributed by atoms with Crippen LogP contribution in [0.25, 0.3) is 0 Å². The molecule has 24 heavy (non-hydrogen) atoms. The molecule has 0 saturated carbocycles. The Kier molecular flexibility index (Phi) is 9.84. The van der Waals surface area contributed by atoms with Gasteiger partial charge in [-0.15, -0.1) is 0 Å². The number of benzene rings is 1. The average Bonchev–Trinajstić information content (AvgIpc) is 2.44. The fraction of sp³-hybridized carbons (Fsp3) is 0.727. The Morgan fingerprint density at radius 1 is 0.917 bits per heavy atom. The van der Waals surface area contributed by atoms with Crippen LogP contribution >= 0.6 is 0 Å². The summed E-state index contributed by atoms with van der Waals surface area (Å²) >= 11 is 0.